The maximum absolute atomic E-state index is 12.6. The van der Waals surface area contributed by atoms with Crippen LogP contribution in [0.1, 0.15) is 31.8 Å². The number of nitriles is 1. The fourth-order valence-electron chi connectivity index (χ4n) is 3.04. The molecule has 0 bridgehead atoms. The number of benzene rings is 4. The van der Waals surface area contributed by atoms with E-state index in [0.717, 1.165) is 5.56 Å². The van der Waals surface area contributed by atoms with E-state index in [1.54, 1.807) is 48.5 Å². The van der Waals surface area contributed by atoms with Crippen LogP contribution in [-0.4, -0.2) is 11.9 Å². The number of carbonyl (C=O) groups is 2. The molecule has 6 nitrogen and oxygen atoms in total. The molecule has 0 heterocycles. The van der Waals surface area contributed by atoms with E-state index < -0.39 is 11.9 Å². The van der Waals surface area contributed by atoms with Crippen molar-refractivity contribution in [3.63, 3.8) is 0 Å². The van der Waals surface area contributed by atoms with Gasteiger partial charge in [-0.3, -0.25) is 0 Å². The fourth-order valence-corrected chi connectivity index (χ4v) is 3.04. The molecule has 0 aliphatic carbocycles. The van der Waals surface area contributed by atoms with Gasteiger partial charge in [-0.05, 0) is 72.3 Å². The van der Waals surface area contributed by atoms with Gasteiger partial charge in [-0.1, -0.05) is 36.4 Å². The standard InChI is InChI=1S/C28H19NO5/c29-18-20-9-13-24(14-10-20)33-27(30)22-11-15-25(16-12-22)34-28(31)23-7-4-8-26(17-23)32-19-21-5-2-1-3-6-21/h1-17H,19H2. The zero-order valence-corrected chi connectivity index (χ0v) is 18.0. The van der Waals surface area contributed by atoms with Gasteiger partial charge in [0.15, 0.2) is 0 Å². The smallest absolute Gasteiger partial charge is 0.343 e. The summed E-state index contributed by atoms with van der Waals surface area (Å²) in [5.74, 6) is 0.0625. The van der Waals surface area contributed by atoms with E-state index in [0.29, 0.717) is 34.8 Å². The van der Waals surface area contributed by atoms with Crippen LogP contribution in [0.15, 0.2) is 103 Å². The van der Waals surface area contributed by atoms with Gasteiger partial charge in [-0.15, -0.1) is 0 Å². The van der Waals surface area contributed by atoms with Crippen LogP contribution in [0.3, 0.4) is 0 Å². The van der Waals surface area contributed by atoms with Crippen molar-refractivity contribution < 1.29 is 23.8 Å². The van der Waals surface area contributed by atoms with Gasteiger partial charge in [0.1, 0.15) is 23.9 Å². The Balaban J connectivity index is 1.35. The van der Waals surface area contributed by atoms with Crippen molar-refractivity contribution >= 4 is 11.9 Å². The summed E-state index contributed by atoms with van der Waals surface area (Å²) in [6.45, 7) is 0.388. The van der Waals surface area contributed by atoms with Gasteiger partial charge in [0.2, 0.25) is 0 Å². The molecule has 0 N–H and O–H groups in total. The average molecular weight is 449 g/mol. The maximum atomic E-state index is 12.6. The lowest BCUT2D eigenvalue weighted by molar-refractivity contribution is 0.0730. The van der Waals surface area contributed by atoms with Crippen LogP contribution >= 0.6 is 0 Å². The van der Waals surface area contributed by atoms with Crippen molar-refractivity contribution in [2.45, 2.75) is 6.61 Å². The number of carbonyl (C=O) groups excluding carboxylic acids is 2. The molecule has 0 saturated carbocycles. The first-order valence-corrected chi connectivity index (χ1v) is 10.4. The van der Waals surface area contributed by atoms with E-state index in [4.69, 9.17) is 19.5 Å². The molecular formula is C28H19NO5. The third-order valence-corrected chi connectivity index (χ3v) is 4.81. The molecule has 0 spiro atoms. The summed E-state index contributed by atoms with van der Waals surface area (Å²) in [5, 5.41) is 8.83. The first-order chi connectivity index (χ1) is 16.6. The second-order valence-electron chi connectivity index (χ2n) is 7.24. The molecule has 6 heteroatoms. The highest BCUT2D eigenvalue weighted by molar-refractivity contribution is 5.93. The molecule has 166 valence electrons. The highest BCUT2D eigenvalue weighted by Crippen LogP contribution is 2.20. The van der Waals surface area contributed by atoms with Gasteiger partial charge in [0.25, 0.3) is 0 Å². The number of rotatable bonds is 7. The van der Waals surface area contributed by atoms with Gasteiger partial charge < -0.3 is 14.2 Å². The lowest BCUT2D eigenvalue weighted by Crippen LogP contribution is -2.10. The SMILES string of the molecule is N#Cc1ccc(OC(=O)c2ccc(OC(=O)c3cccc(OCc4ccccc4)c3)cc2)cc1. The van der Waals surface area contributed by atoms with Gasteiger partial charge in [0.05, 0.1) is 22.8 Å². The molecule has 4 aromatic rings. The number of hydrogen-bond acceptors (Lipinski definition) is 6. The second-order valence-corrected chi connectivity index (χ2v) is 7.24. The topological polar surface area (TPSA) is 85.6 Å². The van der Waals surface area contributed by atoms with Crippen LogP contribution in [0, 0.1) is 11.3 Å². The minimum Gasteiger partial charge on any atom is -0.489 e. The molecule has 4 rings (SSSR count). The number of nitrogens with zero attached hydrogens (tertiary/aromatic N) is 1. The predicted octanol–water partition coefficient (Wildman–Crippen LogP) is 5.58. The lowest BCUT2D eigenvalue weighted by atomic mass is 10.2. The van der Waals surface area contributed by atoms with E-state index in [-0.39, 0.29) is 5.75 Å². The quantitative estimate of drug-likeness (QED) is 0.271. The van der Waals surface area contributed by atoms with Crippen LogP contribution in [-0.2, 0) is 6.61 Å². The Kier molecular flexibility index (Phi) is 6.97. The van der Waals surface area contributed by atoms with E-state index in [2.05, 4.69) is 0 Å². The molecule has 0 amide bonds. The summed E-state index contributed by atoms with van der Waals surface area (Å²) in [7, 11) is 0. The monoisotopic (exact) mass is 449 g/mol. The molecule has 34 heavy (non-hydrogen) atoms. The average Bonchev–Trinajstić information content (AvgIpc) is 2.89. The van der Waals surface area contributed by atoms with Gasteiger partial charge in [0, 0.05) is 0 Å². The Labute approximate surface area is 196 Å². The highest BCUT2D eigenvalue weighted by Gasteiger charge is 2.12. The number of ether oxygens (including phenoxy) is 3. The first-order valence-electron chi connectivity index (χ1n) is 10.4. The third kappa shape index (κ3) is 5.87. The Bertz CT molecular complexity index is 1320. The summed E-state index contributed by atoms with van der Waals surface area (Å²) in [6, 6.07) is 30.7. The molecule has 0 saturated heterocycles. The number of esters is 2. The molecule has 0 atom stereocenters. The molecule has 4 aromatic carbocycles. The van der Waals surface area contributed by atoms with E-state index in [1.807, 2.05) is 36.4 Å². The van der Waals surface area contributed by atoms with Crippen molar-refractivity contribution in [1.82, 2.24) is 0 Å². The zero-order chi connectivity index (χ0) is 23.8. The van der Waals surface area contributed by atoms with E-state index in [9.17, 15) is 9.59 Å². The molecular weight excluding hydrogens is 430 g/mol. The van der Waals surface area contributed by atoms with Crippen LogP contribution in [0.2, 0.25) is 0 Å². The normalized spacial score (nSPS) is 10.1. The van der Waals surface area contributed by atoms with E-state index in [1.165, 1.54) is 24.3 Å². The molecule has 0 aliphatic rings. The predicted molar refractivity (Wildman–Crippen MR) is 125 cm³/mol. The van der Waals surface area contributed by atoms with Crippen molar-refractivity contribution in [3.8, 4) is 23.3 Å². The summed E-state index contributed by atoms with van der Waals surface area (Å²) < 4.78 is 16.5. The Hall–Kier alpha value is -4.89. The van der Waals surface area contributed by atoms with E-state index >= 15 is 0 Å². The minimum absolute atomic E-state index is 0.288. The van der Waals surface area contributed by atoms with Gasteiger partial charge in [-0.2, -0.15) is 5.26 Å². The molecule has 0 radical (unpaired) electrons. The third-order valence-electron chi connectivity index (χ3n) is 4.81. The van der Waals surface area contributed by atoms with Crippen LogP contribution in [0.25, 0.3) is 0 Å². The van der Waals surface area contributed by atoms with Crippen molar-refractivity contribution in [2.75, 3.05) is 0 Å². The van der Waals surface area contributed by atoms with Crippen molar-refractivity contribution in [1.29, 1.82) is 5.26 Å². The molecule has 0 fully saturated rings. The fraction of sp³-hybridized carbons (Fsp3) is 0.0357. The maximum Gasteiger partial charge on any atom is 0.343 e. The second kappa shape index (κ2) is 10.6. The minimum atomic E-state index is -0.564. The molecule has 0 aliphatic heterocycles. The van der Waals surface area contributed by atoms with Crippen LogP contribution < -0.4 is 14.2 Å². The summed E-state index contributed by atoms with van der Waals surface area (Å²) in [6.07, 6.45) is 0. The largest absolute Gasteiger partial charge is 0.489 e. The number of hydrogen-bond donors (Lipinski definition) is 0. The Morgan fingerprint density at radius 3 is 1.91 bits per heavy atom. The lowest BCUT2D eigenvalue weighted by Gasteiger charge is -2.09. The Morgan fingerprint density at radius 2 is 1.26 bits per heavy atom. The van der Waals surface area contributed by atoms with Crippen molar-refractivity contribution in [2.24, 2.45) is 0 Å². The summed E-state index contributed by atoms with van der Waals surface area (Å²) in [5.41, 5.74) is 2.13. The first kappa shape index (κ1) is 22.3. The van der Waals surface area contributed by atoms with Gasteiger partial charge in [-0.25, -0.2) is 9.59 Å². The Morgan fingerprint density at radius 1 is 0.647 bits per heavy atom. The zero-order valence-electron chi connectivity index (χ0n) is 18.0. The van der Waals surface area contributed by atoms with Crippen LogP contribution in [0.5, 0.6) is 17.2 Å². The summed E-state index contributed by atoms with van der Waals surface area (Å²) in [4.78, 5) is 24.9. The molecule has 0 unspecified atom stereocenters. The molecule has 0 aromatic heterocycles. The highest BCUT2D eigenvalue weighted by atomic mass is 16.5. The van der Waals surface area contributed by atoms with Crippen molar-refractivity contribution in [3.05, 3.63) is 125 Å². The van der Waals surface area contributed by atoms with Gasteiger partial charge >= 0.3 is 11.9 Å². The summed E-state index contributed by atoms with van der Waals surface area (Å²) >= 11 is 0. The van der Waals surface area contributed by atoms with Crippen LogP contribution in [0.4, 0.5) is 0 Å².